The molecule has 1 amide bonds. The van der Waals surface area contributed by atoms with E-state index in [1.54, 1.807) is 4.90 Å². The third-order valence-corrected chi connectivity index (χ3v) is 5.64. The van der Waals surface area contributed by atoms with E-state index in [0.29, 0.717) is 19.5 Å². The van der Waals surface area contributed by atoms with Crippen LogP contribution in [0.5, 0.6) is 0 Å². The number of carbonyl (C=O) groups excluding carboxylic acids is 3. The van der Waals surface area contributed by atoms with Crippen molar-refractivity contribution in [1.82, 2.24) is 4.90 Å². The molecule has 0 aromatic rings. The number of aliphatic hydroxyl groups excluding tert-OH is 2. The molecule has 0 bridgehead atoms. The maximum Gasteiger partial charge on any atom is 1.00 e. The van der Waals surface area contributed by atoms with Crippen LogP contribution in [0.3, 0.4) is 0 Å². The van der Waals surface area contributed by atoms with Crippen LogP contribution >= 0.6 is 0 Å². The summed E-state index contributed by atoms with van der Waals surface area (Å²) < 4.78 is 28.5. The van der Waals surface area contributed by atoms with E-state index >= 15 is 0 Å². The van der Waals surface area contributed by atoms with Gasteiger partial charge >= 0.3 is 59.1 Å². The van der Waals surface area contributed by atoms with Gasteiger partial charge < -0.3 is 34.9 Å². The quantitative estimate of drug-likeness (QED) is 0.0872. The van der Waals surface area contributed by atoms with Crippen LogP contribution in [0.1, 0.15) is 77.6 Å². The first kappa shape index (κ1) is 41.4. The van der Waals surface area contributed by atoms with E-state index in [-0.39, 0.29) is 78.2 Å². The van der Waals surface area contributed by atoms with Crippen LogP contribution in [0, 0.1) is 0 Å². The first-order chi connectivity index (χ1) is 15.0. The Kier molecular flexibility index (Phi) is 32.0. The van der Waals surface area contributed by atoms with Gasteiger partial charge in [0.1, 0.15) is 5.25 Å². The summed E-state index contributed by atoms with van der Waals surface area (Å²) in [6, 6.07) is 0. The standard InChI is InChI=1S/C16H33NO3.C4H6O7S.2Na/c1-2-3-4-5-6-7-8-9-10-11-16(20)17(12-14-18)13-15-19;5-3(6)1-2(4(7)8)12(9,10)11;;/h18-19H,2-15H2,1H3;2H,1H2,(H,5,6)(H,7,8)(H,9,10,11);;/q;;2*+1/p-2. The summed E-state index contributed by atoms with van der Waals surface area (Å²) in [7, 11) is -4.94. The molecule has 34 heavy (non-hydrogen) atoms. The molecule has 0 aliphatic heterocycles. The van der Waals surface area contributed by atoms with Gasteiger partial charge in [0, 0.05) is 31.9 Å². The van der Waals surface area contributed by atoms with Crippen molar-refractivity contribution in [2.45, 2.75) is 82.8 Å². The van der Waals surface area contributed by atoms with E-state index in [9.17, 15) is 33.0 Å². The zero-order valence-electron chi connectivity index (χ0n) is 20.7. The molecule has 11 nitrogen and oxygen atoms in total. The molecule has 190 valence electrons. The van der Waals surface area contributed by atoms with Crippen molar-refractivity contribution in [3.8, 4) is 0 Å². The zero-order chi connectivity index (χ0) is 25.0. The van der Waals surface area contributed by atoms with E-state index in [0.717, 1.165) is 12.8 Å². The van der Waals surface area contributed by atoms with Gasteiger partial charge in [0.2, 0.25) is 5.91 Å². The molecule has 0 saturated heterocycles. The van der Waals surface area contributed by atoms with Crippen molar-refractivity contribution in [1.29, 1.82) is 0 Å². The Morgan fingerprint density at radius 2 is 1.24 bits per heavy atom. The number of aliphatic carboxylic acids is 2. The van der Waals surface area contributed by atoms with Gasteiger partial charge in [0.25, 0.3) is 10.1 Å². The number of nitrogens with zero attached hydrogens (tertiary/aromatic N) is 1. The third-order valence-electron chi connectivity index (χ3n) is 4.56. The van der Waals surface area contributed by atoms with Crippen molar-refractivity contribution < 1.29 is 107 Å². The molecule has 0 spiro atoms. The molecule has 0 aromatic heterocycles. The second-order valence-corrected chi connectivity index (χ2v) is 8.90. The Hall–Kier alpha value is 0.240. The second-order valence-electron chi connectivity index (χ2n) is 7.31. The molecule has 0 aliphatic rings. The van der Waals surface area contributed by atoms with E-state index in [1.807, 2.05) is 0 Å². The fraction of sp³-hybridized carbons (Fsp3) is 0.850. The maximum atomic E-state index is 11.8. The predicted octanol–water partition coefficient (Wildman–Crippen LogP) is -7.14. The van der Waals surface area contributed by atoms with Crippen molar-refractivity contribution in [3.63, 3.8) is 0 Å². The van der Waals surface area contributed by atoms with Gasteiger partial charge in [-0.15, -0.1) is 0 Å². The molecule has 14 heteroatoms. The van der Waals surface area contributed by atoms with Gasteiger partial charge in [0.05, 0.1) is 19.2 Å². The van der Waals surface area contributed by atoms with Crippen LogP contribution in [0.25, 0.3) is 0 Å². The van der Waals surface area contributed by atoms with Gasteiger partial charge in [0.15, 0.2) is 0 Å². The monoisotopic (exact) mass is 529 g/mol. The number of carbonyl (C=O) groups is 3. The third kappa shape index (κ3) is 25.3. The fourth-order valence-electron chi connectivity index (χ4n) is 2.81. The summed E-state index contributed by atoms with van der Waals surface area (Å²) in [6.45, 7) is 2.81. The van der Waals surface area contributed by atoms with Gasteiger partial charge in [-0.25, -0.2) is 0 Å². The number of rotatable bonds is 18. The normalized spacial score (nSPS) is 11.2. The Morgan fingerprint density at radius 3 is 1.53 bits per heavy atom. The smallest absolute Gasteiger partial charge is 0.550 e. The van der Waals surface area contributed by atoms with Crippen molar-refractivity contribution in [2.24, 2.45) is 0 Å². The largest absolute Gasteiger partial charge is 1.00 e. The molecule has 1 atom stereocenters. The van der Waals surface area contributed by atoms with Crippen LogP contribution in [-0.2, 0) is 24.5 Å². The molecule has 0 fully saturated rings. The van der Waals surface area contributed by atoms with Crippen LogP contribution < -0.4 is 69.3 Å². The van der Waals surface area contributed by atoms with Gasteiger partial charge in [-0.05, 0) is 6.42 Å². The molecule has 3 N–H and O–H groups in total. The van der Waals surface area contributed by atoms with Gasteiger partial charge in [-0.1, -0.05) is 58.3 Å². The molecular formula is C20H37NNa2O10S. The maximum absolute atomic E-state index is 11.8. The van der Waals surface area contributed by atoms with Crippen molar-refractivity contribution >= 4 is 28.0 Å². The topological polar surface area (TPSA) is 195 Å². The van der Waals surface area contributed by atoms with E-state index in [2.05, 4.69) is 6.92 Å². The van der Waals surface area contributed by atoms with E-state index in [4.69, 9.17) is 14.8 Å². The second kappa shape index (κ2) is 26.3. The number of unbranched alkanes of at least 4 members (excludes halogenated alkanes) is 8. The summed E-state index contributed by atoms with van der Waals surface area (Å²) in [5, 5.41) is 35.0. The molecule has 0 aromatic carbocycles. The summed E-state index contributed by atoms with van der Waals surface area (Å²) in [4.78, 5) is 33.1. The minimum Gasteiger partial charge on any atom is -0.550 e. The molecule has 0 rings (SSSR count). The SMILES string of the molecule is CCCCCCCCCCCC(=O)N(CCO)CCO.O=C([O-])CC(C(=O)[O-])S(=O)(=O)O.[Na+].[Na+]. The molecule has 0 aliphatic carbocycles. The Labute approximate surface area is 247 Å². The summed E-state index contributed by atoms with van der Waals surface area (Å²) in [5.74, 6) is -4.03. The van der Waals surface area contributed by atoms with E-state index < -0.39 is 33.7 Å². The number of aliphatic hydroxyl groups is 2. The average Bonchev–Trinajstić information content (AvgIpc) is 2.70. The first-order valence-corrected chi connectivity index (χ1v) is 12.4. The van der Waals surface area contributed by atoms with Crippen LogP contribution in [0.4, 0.5) is 0 Å². The molecule has 0 saturated carbocycles. The number of carboxylic acids is 2. The van der Waals surface area contributed by atoms with E-state index in [1.165, 1.54) is 44.9 Å². The number of amides is 1. The van der Waals surface area contributed by atoms with Gasteiger partial charge in [-0.2, -0.15) is 8.42 Å². The zero-order valence-corrected chi connectivity index (χ0v) is 25.6. The van der Waals surface area contributed by atoms with Crippen molar-refractivity contribution in [2.75, 3.05) is 26.3 Å². The number of hydrogen-bond acceptors (Lipinski definition) is 9. The summed E-state index contributed by atoms with van der Waals surface area (Å²) in [5.41, 5.74) is 0. The Morgan fingerprint density at radius 1 is 0.824 bits per heavy atom. The minimum atomic E-state index is -4.94. The van der Waals surface area contributed by atoms with Crippen LogP contribution in [0.15, 0.2) is 0 Å². The summed E-state index contributed by atoms with van der Waals surface area (Å²) >= 11 is 0. The summed E-state index contributed by atoms with van der Waals surface area (Å²) in [6.07, 6.45) is 10.4. The fourth-order valence-corrected chi connectivity index (χ4v) is 3.40. The Balaban J connectivity index is -0.000000279. The number of hydrogen-bond donors (Lipinski definition) is 3. The average molecular weight is 530 g/mol. The molecular weight excluding hydrogens is 492 g/mol. The molecule has 0 radical (unpaired) electrons. The molecule has 1 unspecified atom stereocenters. The number of carboxylic acid groups (broad SMARTS) is 2. The Bertz CT molecular complexity index is 629. The first-order valence-electron chi connectivity index (χ1n) is 10.9. The predicted molar refractivity (Wildman–Crippen MR) is 113 cm³/mol. The van der Waals surface area contributed by atoms with Crippen LogP contribution in [0.2, 0.25) is 0 Å². The molecule has 0 heterocycles. The minimum absolute atomic E-state index is 0. The van der Waals surface area contributed by atoms with Crippen LogP contribution in [-0.4, -0.2) is 77.5 Å². The van der Waals surface area contributed by atoms with Crippen molar-refractivity contribution in [3.05, 3.63) is 0 Å². The van der Waals surface area contributed by atoms with Gasteiger partial charge in [-0.3, -0.25) is 9.35 Å².